The molecule has 4 aromatic rings. The van der Waals surface area contributed by atoms with Crippen LogP contribution in [0.2, 0.25) is 0 Å². The minimum Gasteiger partial charge on any atom is -0.465 e. The van der Waals surface area contributed by atoms with E-state index in [1.165, 1.54) is 7.11 Å². The molecule has 0 aliphatic heterocycles. The van der Waals surface area contributed by atoms with Crippen LogP contribution >= 0.6 is 0 Å². The van der Waals surface area contributed by atoms with Gasteiger partial charge in [-0.25, -0.2) is 4.79 Å². The number of aryl methyl sites for hydroxylation is 1. The van der Waals surface area contributed by atoms with Gasteiger partial charge in [0.05, 0.1) is 18.5 Å². The number of benzene rings is 2. The lowest BCUT2D eigenvalue weighted by atomic mass is 9.97. The maximum Gasteiger partial charge on any atom is 0.341 e. The molecule has 164 valence electrons. The van der Waals surface area contributed by atoms with Gasteiger partial charge in [-0.1, -0.05) is 62.4 Å². The topological polar surface area (TPSA) is 98.6 Å². The Hall–Kier alpha value is -3.81. The van der Waals surface area contributed by atoms with Crippen LogP contribution in [0, 0.1) is 0 Å². The Labute approximate surface area is 186 Å². The third-order valence-electron chi connectivity index (χ3n) is 5.44. The van der Waals surface area contributed by atoms with E-state index in [0.717, 1.165) is 53.0 Å². The Morgan fingerprint density at radius 3 is 2.44 bits per heavy atom. The number of aromatic nitrogens is 6. The highest BCUT2D eigenvalue weighted by Gasteiger charge is 2.23. The number of methoxy groups -OCH3 is 1. The van der Waals surface area contributed by atoms with Gasteiger partial charge in [-0.15, -0.1) is 10.2 Å². The van der Waals surface area contributed by atoms with E-state index in [0.29, 0.717) is 17.8 Å². The van der Waals surface area contributed by atoms with Gasteiger partial charge in [0.1, 0.15) is 5.56 Å². The number of nitrogens with one attached hydrogen (secondary N) is 1. The molecule has 0 saturated heterocycles. The normalized spacial score (nSPS) is 11.0. The summed E-state index contributed by atoms with van der Waals surface area (Å²) in [4.78, 5) is 12.5. The molecular formula is C24H26N6O2. The molecule has 0 atom stereocenters. The Kier molecular flexibility index (Phi) is 6.39. The van der Waals surface area contributed by atoms with Crippen molar-refractivity contribution >= 4 is 5.97 Å². The number of nitrogens with zero attached hydrogens (tertiary/aromatic N) is 5. The zero-order valence-electron chi connectivity index (χ0n) is 18.5. The van der Waals surface area contributed by atoms with E-state index in [1.54, 1.807) is 0 Å². The number of carbonyl (C=O) groups is 1. The van der Waals surface area contributed by atoms with Gasteiger partial charge >= 0.3 is 5.97 Å². The number of aromatic amines is 1. The monoisotopic (exact) mass is 430 g/mol. The number of ether oxygens (including phenoxy) is 1. The minimum absolute atomic E-state index is 0.329. The average Bonchev–Trinajstić information content (AvgIpc) is 3.48. The maximum atomic E-state index is 12.5. The van der Waals surface area contributed by atoms with Crippen LogP contribution < -0.4 is 0 Å². The molecule has 8 nitrogen and oxygen atoms in total. The lowest BCUT2D eigenvalue weighted by Gasteiger charge is -2.08. The third kappa shape index (κ3) is 4.16. The van der Waals surface area contributed by atoms with E-state index in [4.69, 9.17) is 9.84 Å². The van der Waals surface area contributed by atoms with Crippen molar-refractivity contribution < 1.29 is 9.53 Å². The van der Waals surface area contributed by atoms with Crippen LogP contribution in [0.25, 0.3) is 22.5 Å². The number of rotatable bonds is 8. The Morgan fingerprint density at radius 1 is 1.06 bits per heavy atom. The first-order chi connectivity index (χ1) is 15.7. The maximum absolute atomic E-state index is 12.5. The zero-order valence-corrected chi connectivity index (χ0v) is 18.5. The Bertz CT molecular complexity index is 1200. The van der Waals surface area contributed by atoms with Gasteiger partial charge in [-0.3, -0.25) is 4.68 Å². The Morgan fingerprint density at radius 2 is 1.81 bits per heavy atom. The number of carbonyl (C=O) groups excluding carboxylic acids is 1. The van der Waals surface area contributed by atoms with E-state index in [-0.39, 0.29) is 5.97 Å². The predicted molar refractivity (Wildman–Crippen MR) is 121 cm³/mol. The van der Waals surface area contributed by atoms with Crippen molar-refractivity contribution in [2.75, 3.05) is 7.11 Å². The van der Waals surface area contributed by atoms with Crippen molar-refractivity contribution in [2.45, 2.75) is 39.7 Å². The summed E-state index contributed by atoms with van der Waals surface area (Å²) in [6.07, 6.45) is 2.23. The highest BCUT2D eigenvalue weighted by molar-refractivity contribution is 5.92. The van der Waals surface area contributed by atoms with E-state index in [9.17, 15) is 4.79 Å². The number of esters is 1. The molecule has 0 aliphatic carbocycles. The predicted octanol–water partition coefficient (Wildman–Crippen LogP) is 4.08. The molecule has 2 aromatic heterocycles. The third-order valence-corrected chi connectivity index (χ3v) is 5.44. The van der Waals surface area contributed by atoms with Crippen molar-refractivity contribution in [2.24, 2.45) is 0 Å². The van der Waals surface area contributed by atoms with Gasteiger partial charge in [-0.2, -0.15) is 10.3 Å². The standard InChI is InChI=1S/C24H26N6O2/c1-4-14-30-21(5-2)22(24(31)32-3)20(27-30)15-16-10-12-17(13-11-16)18-8-6-7-9-19(18)23-25-28-29-26-23/h6-13H,4-5,14-15H2,1-3H3,(H,25,26,28,29). The summed E-state index contributed by atoms with van der Waals surface area (Å²) < 4.78 is 7.00. The molecule has 0 fully saturated rings. The Balaban J connectivity index is 1.65. The smallest absolute Gasteiger partial charge is 0.341 e. The first-order valence-electron chi connectivity index (χ1n) is 10.7. The van der Waals surface area contributed by atoms with Gasteiger partial charge < -0.3 is 4.74 Å². The van der Waals surface area contributed by atoms with Crippen LogP contribution in [-0.2, 0) is 24.1 Å². The van der Waals surface area contributed by atoms with Gasteiger partial charge in [0, 0.05) is 18.5 Å². The summed E-state index contributed by atoms with van der Waals surface area (Å²) in [5.74, 6) is 0.228. The van der Waals surface area contributed by atoms with Crippen molar-refractivity contribution in [1.29, 1.82) is 0 Å². The minimum atomic E-state index is -0.329. The van der Waals surface area contributed by atoms with Gasteiger partial charge in [0.2, 0.25) is 5.82 Å². The molecule has 1 N–H and O–H groups in total. The second kappa shape index (κ2) is 9.55. The number of tetrazole rings is 1. The summed E-state index contributed by atoms with van der Waals surface area (Å²) in [5, 5.41) is 19.2. The number of hydrogen-bond donors (Lipinski definition) is 1. The summed E-state index contributed by atoms with van der Waals surface area (Å²) in [6.45, 7) is 4.91. The number of H-pyrrole nitrogens is 1. The van der Waals surface area contributed by atoms with Crippen molar-refractivity contribution in [3.8, 4) is 22.5 Å². The lowest BCUT2D eigenvalue weighted by Crippen LogP contribution is -2.09. The summed E-state index contributed by atoms with van der Waals surface area (Å²) in [5.41, 5.74) is 6.33. The molecule has 0 aliphatic rings. The molecular weight excluding hydrogens is 404 g/mol. The van der Waals surface area contributed by atoms with E-state index in [2.05, 4.69) is 51.8 Å². The van der Waals surface area contributed by atoms with E-state index >= 15 is 0 Å². The van der Waals surface area contributed by atoms with Crippen LogP contribution in [0.15, 0.2) is 48.5 Å². The van der Waals surface area contributed by atoms with Crippen LogP contribution in [0.4, 0.5) is 0 Å². The van der Waals surface area contributed by atoms with E-state index < -0.39 is 0 Å². The molecule has 8 heteroatoms. The van der Waals surface area contributed by atoms with Crippen molar-refractivity contribution in [3.05, 3.63) is 71.0 Å². The fraction of sp³-hybridized carbons (Fsp3) is 0.292. The zero-order chi connectivity index (χ0) is 22.5. The molecule has 0 amide bonds. The molecule has 2 heterocycles. The molecule has 32 heavy (non-hydrogen) atoms. The average molecular weight is 431 g/mol. The van der Waals surface area contributed by atoms with Crippen LogP contribution in [0.3, 0.4) is 0 Å². The second-order valence-electron chi connectivity index (χ2n) is 7.49. The highest BCUT2D eigenvalue weighted by Crippen LogP contribution is 2.30. The van der Waals surface area contributed by atoms with E-state index in [1.807, 2.05) is 35.9 Å². The quantitative estimate of drug-likeness (QED) is 0.423. The second-order valence-corrected chi connectivity index (χ2v) is 7.49. The summed E-state index contributed by atoms with van der Waals surface area (Å²) in [6, 6.07) is 16.2. The van der Waals surface area contributed by atoms with Crippen LogP contribution in [0.5, 0.6) is 0 Å². The summed E-state index contributed by atoms with van der Waals surface area (Å²) >= 11 is 0. The summed E-state index contributed by atoms with van der Waals surface area (Å²) in [7, 11) is 1.42. The van der Waals surface area contributed by atoms with Crippen molar-refractivity contribution in [1.82, 2.24) is 30.4 Å². The molecule has 0 spiro atoms. The molecule has 0 saturated carbocycles. The largest absolute Gasteiger partial charge is 0.465 e. The van der Waals surface area contributed by atoms with Crippen LogP contribution in [-0.4, -0.2) is 43.5 Å². The number of hydrogen-bond acceptors (Lipinski definition) is 6. The van der Waals surface area contributed by atoms with Gasteiger partial charge in [0.15, 0.2) is 0 Å². The van der Waals surface area contributed by atoms with Gasteiger partial charge in [0.25, 0.3) is 0 Å². The fourth-order valence-electron chi connectivity index (χ4n) is 3.97. The van der Waals surface area contributed by atoms with Crippen molar-refractivity contribution in [3.63, 3.8) is 0 Å². The first kappa shape index (κ1) is 21.4. The molecule has 4 rings (SSSR count). The first-order valence-corrected chi connectivity index (χ1v) is 10.7. The molecule has 0 unspecified atom stereocenters. The molecule has 0 bridgehead atoms. The SMILES string of the molecule is CCCn1nc(Cc2ccc(-c3ccccc3-c3nn[nH]n3)cc2)c(C(=O)OC)c1CC. The molecule has 0 radical (unpaired) electrons. The van der Waals surface area contributed by atoms with Crippen LogP contribution in [0.1, 0.15) is 47.6 Å². The molecule has 2 aromatic carbocycles. The highest BCUT2D eigenvalue weighted by atomic mass is 16.5. The lowest BCUT2D eigenvalue weighted by molar-refractivity contribution is 0.0598. The van der Waals surface area contributed by atoms with Gasteiger partial charge in [-0.05, 0) is 34.7 Å². The fourth-order valence-corrected chi connectivity index (χ4v) is 3.97.